The molecule has 0 bridgehead atoms. The average molecular weight is 346 g/mol. The van der Waals surface area contributed by atoms with Crippen molar-refractivity contribution in [3.63, 3.8) is 0 Å². The van der Waals surface area contributed by atoms with Crippen LogP contribution in [0.15, 0.2) is 18.2 Å². The summed E-state index contributed by atoms with van der Waals surface area (Å²) in [5.41, 5.74) is 2.42. The highest BCUT2D eigenvalue weighted by Gasteiger charge is 2.05. The van der Waals surface area contributed by atoms with E-state index in [1.54, 1.807) is 6.07 Å². The molecule has 0 aromatic heterocycles. The van der Waals surface area contributed by atoms with Gasteiger partial charge in [-0.05, 0) is 42.9 Å². The highest BCUT2D eigenvalue weighted by atomic mass is 16.3. The predicted molar refractivity (Wildman–Crippen MR) is 110 cm³/mol. The standard InChI is InChI=1S/C24H41O/c1-3-5-7-9-11-13-15-17-22-19-20-24(25)23(21-22)18-16-14-12-10-8-6-4-2/h19-21H,3-18H2,1-2H3. The third kappa shape index (κ3) is 11.3. The molecule has 0 amide bonds. The third-order valence-electron chi connectivity index (χ3n) is 5.24. The predicted octanol–water partition coefficient (Wildman–Crippen LogP) is 8.42. The molecule has 0 saturated carbocycles. The zero-order chi connectivity index (χ0) is 18.2. The Hall–Kier alpha value is -0.980. The minimum Gasteiger partial charge on any atom is -0.290 e. The Kier molecular flexibility index (Phi) is 13.5. The molecule has 0 aliphatic heterocycles. The second kappa shape index (κ2) is 15.3. The van der Waals surface area contributed by atoms with E-state index in [1.165, 1.54) is 95.5 Å². The van der Waals surface area contributed by atoms with Crippen LogP contribution in [0.2, 0.25) is 0 Å². The zero-order valence-electron chi connectivity index (χ0n) is 17.0. The first-order valence-electron chi connectivity index (χ1n) is 11.1. The summed E-state index contributed by atoms with van der Waals surface area (Å²) in [5.74, 6) is 0.245. The summed E-state index contributed by atoms with van der Waals surface area (Å²) in [5, 5.41) is 12.1. The van der Waals surface area contributed by atoms with E-state index in [-0.39, 0.29) is 5.75 Å². The zero-order valence-corrected chi connectivity index (χ0v) is 17.0. The molecule has 1 rings (SSSR count). The van der Waals surface area contributed by atoms with Gasteiger partial charge in [0.05, 0.1) is 0 Å². The first-order valence-corrected chi connectivity index (χ1v) is 11.1. The molecule has 25 heavy (non-hydrogen) atoms. The Balaban J connectivity index is 2.19. The number of hydrogen-bond acceptors (Lipinski definition) is 0. The van der Waals surface area contributed by atoms with Crippen LogP contribution in [-0.4, -0.2) is 0 Å². The number of benzene rings is 1. The van der Waals surface area contributed by atoms with Crippen LogP contribution >= 0.6 is 0 Å². The van der Waals surface area contributed by atoms with Crippen molar-refractivity contribution >= 4 is 0 Å². The topological polar surface area (TPSA) is 19.9 Å². The second-order valence-corrected chi connectivity index (χ2v) is 7.68. The number of rotatable bonds is 16. The van der Waals surface area contributed by atoms with Crippen LogP contribution in [-0.2, 0) is 17.9 Å². The van der Waals surface area contributed by atoms with Crippen LogP contribution in [0.25, 0.3) is 0 Å². The Labute approximate surface area is 157 Å². The van der Waals surface area contributed by atoms with Gasteiger partial charge in [-0.3, -0.25) is 5.11 Å². The second-order valence-electron chi connectivity index (χ2n) is 7.68. The number of unbranched alkanes of at least 4 members (excludes halogenated alkanes) is 12. The van der Waals surface area contributed by atoms with Gasteiger partial charge >= 0.3 is 0 Å². The molecule has 1 aromatic rings. The van der Waals surface area contributed by atoms with Gasteiger partial charge in [0.1, 0.15) is 0 Å². The van der Waals surface area contributed by atoms with Crippen molar-refractivity contribution in [3.8, 4) is 5.75 Å². The Morgan fingerprint density at radius 3 is 1.64 bits per heavy atom. The molecule has 0 aliphatic rings. The summed E-state index contributed by atoms with van der Waals surface area (Å²) in [6.45, 7) is 4.53. The van der Waals surface area contributed by atoms with Crippen molar-refractivity contribution in [3.05, 3.63) is 29.3 Å². The van der Waals surface area contributed by atoms with Crippen molar-refractivity contribution in [1.82, 2.24) is 0 Å². The third-order valence-corrected chi connectivity index (χ3v) is 5.24. The van der Waals surface area contributed by atoms with E-state index in [0.29, 0.717) is 0 Å². The SMILES string of the molecule is CCCCCCCCCc1ccc([O])c(CCCCCCCCC)c1. The monoisotopic (exact) mass is 345 g/mol. The number of hydrogen-bond donors (Lipinski definition) is 0. The highest BCUT2D eigenvalue weighted by molar-refractivity contribution is 5.36. The maximum atomic E-state index is 12.1. The summed E-state index contributed by atoms with van der Waals surface area (Å²) in [6.07, 6.45) is 20.7. The molecular formula is C24H41O. The van der Waals surface area contributed by atoms with E-state index >= 15 is 0 Å². The maximum Gasteiger partial charge on any atom is 0.181 e. The normalized spacial score (nSPS) is 11.1. The molecule has 1 heteroatoms. The smallest absolute Gasteiger partial charge is 0.181 e. The van der Waals surface area contributed by atoms with Crippen LogP contribution in [0.3, 0.4) is 0 Å². The lowest BCUT2D eigenvalue weighted by molar-refractivity contribution is 0.349. The first-order chi connectivity index (χ1) is 12.3. The molecule has 1 aromatic carbocycles. The van der Waals surface area contributed by atoms with Gasteiger partial charge < -0.3 is 0 Å². The molecular weight excluding hydrogens is 304 g/mol. The van der Waals surface area contributed by atoms with Gasteiger partial charge in [0.25, 0.3) is 0 Å². The van der Waals surface area contributed by atoms with E-state index in [0.717, 1.165) is 18.4 Å². The lowest BCUT2D eigenvalue weighted by Gasteiger charge is -2.07. The van der Waals surface area contributed by atoms with Gasteiger partial charge in [0, 0.05) is 0 Å². The molecule has 0 unspecified atom stereocenters. The van der Waals surface area contributed by atoms with Gasteiger partial charge in [-0.25, -0.2) is 0 Å². The molecule has 1 nitrogen and oxygen atoms in total. The van der Waals surface area contributed by atoms with Crippen LogP contribution in [0.1, 0.15) is 115 Å². The lowest BCUT2D eigenvalue weighted by Crippen LogP contribution is -1.92. The van der Waals surface area contributed by atoms with Crippen LogP contribution in [0.4, 0.5) is 0 Å². The van der Waals surface area contributed by atoms with E-state index in [2.05, 4.69) is 19.9 Å². The number of aryl methyl sites for hydroxylation is 2. The van der Waals surface area contributed by atoms with E-state index < -0.39 is 0 Å². The fourth-order valence-electron chi connectivity index (χ4n) is 3.54. The fourth-order valence-corrected chi connectivity index (χ4v) is 3.54. The van der Waals surface area contributed by atoms with Crippen molar-refractivity contribution < 1.29 is 5.11 Å². The molecule has 0 N–H and O–H groups in total. The fraction of sp³-hybridized carbons (Fsp3) is 0.750. The molecule has 1 radical (unpaired) electrons. The van der Waals surface area contributed by atoms with Crippen molar-refractivity contribution in [2.75, 3.05) is 0 Å². The molecule has 0 spiro atoms. The average Bonchev–Trinajstić information content (AvgIpc) is 2.62. The van der Waals surface area contributed by atoms with Gasteiger partial charge in [-0.2, -0.15) is 0 Å². The van der Waals surface area contributed by atoms with Crippen LogP contribution < -0.4 is 0 Å². The molecule has 0 aliphatic carbocycles. The molecule has 0 atom stereocenters. The Morgan fingerprint density at radius 1 is 0.600 bits per heavy atom. The van der Waals surface area contributed by atoms with E-state index in [4.69, 9.17) is 0 Å². The summed E-state index contributed by atoms with van der Waals surface area (Å²) in [7, 11) is 0. The minimum absolute atomic E-state index is 0.245. The van der Waals surface area contributed by atoms with Crippen molar-refractivity contribution in [1.29, 1.82) is 0 Å². The largest absolute Gasteiger partial charge is 0.290 e. The minimum atomic E-state index is 0.245. The Bertz CT molecular complexity index is 424. The van der Waals surface area contributed by atoms with E-state index in [1.807, 2.05) is 6.07 Å². The van der Waals surface area contributed by atoms with E-state index in [9.17, 15) is 5.11 Å². The summed E-state index contributed by atoms with van der Waals surface area (Å²) < 4.78 is 0. The van der Waals surface area contributed by atoms with Crippen molar-refractivity contribution in [2.45, 2.75) is 117 Å². The maximum absolute atomic E-state index is 12.1. The molecule has 0 heterocycles. The first kappa shape index (κ1) is 22.1. The van der Waals surface area contributed by atoms with Crippen LogP contribution in [0, 0.1) is 0 Å². The highest BCUT2D eigenvalue weighted by Crippen LogP contribution is 2.23. The summed E-state index contributed by atoms with van der Waals surface area (Å²) in [4.78, 5) is 0. The van der Waals surface area contributed by atoms with Gasteiger partial charge in [-0.15, -0.1) is 0 Å². The van der Waals surface area contributed by atoms with Gasteiger partial charge in [-0.1, -0.05) is 103 Å². The summed E-state index contributed by atoms with van der Waals surface area (Å²) >= 11 is 0. The molecule has 143 valence electrons. The lowest BCUT2D eigenvalue weighted by atomic mass is 9.99. The quantitative estimate of drug-likeness (QED) is 0.268. The van der Waals surface area contributed by atoms with Gasteiger partial charge in [0.15, 0.2) is 5.75 Å². The molecule has 0 saturated heterocycles. The van der Waals surface area contributed by atoms with Crippen molar-refractivity contribution in [2.24, 2.45) is 0 Å². The van der Waals surface area contributed by atoms with Gasteiger partial charge in [0.2, 0.25) is 0 Å². The summed E-state index contributed by atoms with van der Waals surface area (Å²) in [6, 6.07) is 6.04. The van der Waals surface area contributed by atoms with Crippen LogP contribution in [0.5, 0.6) is 5.75 Å². The molecule has 0 fully saturated rings. The Morgan fingerprint density at radius 2 is 1.08 bits per heavy atom.